The number of amides is 2. The minimum absolute atomic E-state index is 0.136. The Kier molecular flexibility index (Phi) is 6.78. The van der Waals surface area contributed by atoms with Crippen LogP contribution in [0.25, 0.3) is 0 Å². The first kappa shape index (κ1) is 20.2. The highest BCUT2D eigenvalue weighted by Crippen LogP contribution is 2.28. The minimum Gasteiger partial charge on any atom is -0.497 e. The number of methoxy groups -OCH3 is 1. The molecule has 9 heteroatoms. The van der Waals surface area contributed by atoms with E-state index in [0.29, 0.717) is 16.3 Å². The van der Waals surface area contributed by atoms with Crippen LogP contribution in [0.5, 0.6) is 5.75 Å². The summed E-state index contributed by atoms with van der Waals surface area (Å²) >= 11 is 1.23. The van der Waals surface area contributed by atoms with Gasteiger partial charge in [0.1, 0.15) is 5.75 Å². The highest BCUT2D eigenvalue weighted by Gasteiger charge is 2.20. The summed E-state index contributed by atoms with van der Waals surface area (Å²) in [5.41, 5.74) is 0.555. The van der Waals surface area contributed by atoms with Crippen molar-refractivity contribution in [2.24, 2.45) is 0 Å². The number of thioether (sulfide) groups is 1. The molecule has 0 unspecified atom stereocenters. The van der Waals surface area contributed by atoms with Crippen molar-refractivity contribution in [3.05, 3.63) is 58.1 Å². The zero-order valence-corrected chi connectivity index (χ0v) is 15.9. The Hall–Kier alpha value is -3.07. The fraction of sp³-hybridized carbons (Fsp3) is 0.222. The van der Waals surface area contributed by atoms with E-state index < -0.39 is 16.7 Å². The molecule has 0 heterocycles. The van der Waals surface area contributed by atoms with Crippen molar-refractivity contribution in [1.29, 1.82) is 0 Å². The number of anilines is 1. The minimum atomic E-state index is -0.530. The summed E-state index contributed by atoms with van der Waals surface area (Å²) < 4.78 is 5.09. The van der Waals surface area contributed by atoms with Crippen molar-refractivity contribution in [3.63, 3.8) is 0 Å². The van der Waals surface area contributed by atoms with Crippen LogP contribution < -0.4 is 10.1 Å². The van der Waals surface area contributed by atoms with E-state index in [4.69, 9.17) is 4.74 Å². The first-order valence-electron chi connectivity index (χ1n) is 7.87. The summed E-state index contributed by atoms with van der Waals surface area (Å²) in [5, 5.41) is 13.8. The summed E-state index contributed by atoms with van der Waals surface area (Å²) in [5.74, 6) is -0.278. The van der Waals surface area contributed by atoms with Crippen molar-refractivity contribution in [2.75, 3.05) is 32.3 Å². The van der Waals surface area contributed by atoms with Gasteiger partial charge in [-0.25, -0.2) is 0 Å². The average molecular weight is 389 g/mol. The summed E-state index contributed by atoms with van der Waals surface area (Å²) in [6, 6.07) is 11.1. The summed E-state index contributed by atoms with van der Waals surface area (Å²) in [6.45, 7) is -0.200. The van der Waals surface area contributed by atoms with E-state index in [1.54, 1.807) is 30.5 Å². The maximum absolute atomic E-state index is 12.5. The Balaban J connectivity index is 2.07. The number of nitro groups is 1. The van der Waals surface area contributed by atoms with Gasteiger partial charge in [0.15, 0.2) is 0 Å². The van der Waals surface area contributed by atoms with Gasteiger partial charge in [0, 0.05) is 30.4 Å². The van der Waals surface area contributed by atoms with Crippen LogP contribution >= 0.6 is 11.8 Å². The van der Waals surface area contributed by atoms with E-state index in [-0.39, 0.29) is 17.8 Å². The number of nitrogens with zero attached hydrogens (tertiary/aromatic N) is 2. The largest absolute Gasteiger partial charge is 0.497 e. The van der Waals surface area contributed by atoms with E-state index >= 15 is 0 Å². The molecule has 2 aromatic rings. The molecule has 0 aliphatic carbocycles. The molecule has 0 saturated heterocycles. The van der Waals surface area contributed by atoms with Crippen LogP contribution in [0.4, 0.5) is 11.4 Å². The maximum atomic E-state index is 12.5. The van der Waals surface area contributed by atoms with Gasteiger partial charge < -0.3 is 15.0 Å². The number of carbonyl (C=O) groups excluding carboxylic acids is 2. The first-order chi connectivity index (χ1) is 12.8. The van der Waals surface area contributed by atoms with Crippen LogP contribution in [0.15, 0.2) is 47.4 Å². The molecule has 0 aliphatic heterocycles. The van der Waals surface area contributed by atoms with E-state index in [9.17, 15) is 19.7 Å². The SMILES string of the molecule is COc1cccc(NC(=O)CN(C)C(=O)c2ccc(SC)c([N+](=O)[O-])c2)c1. The van der Waals surface area contributed by atoms with E-state index in [1.807, 2.05) is 0 Å². The molecule has 0 bridgehead atoms. The predicted octanol–water partition coefficient (Wildman–Crippen LogP) is 3.04. The number of hydrogen-bond donors (Lipinski definition) is 1. The first-order valence-corrected chi connectivity index (χ1v) is 9.10. The zero-order chi connectivity index (χ0) is 20.0. The van der Waals surface area contributed by atoms with Crippen molar-refractivity contribution >= 4 is 35.0 Å². The Morgan fingerprint density at radius 2 is 2.00 bits per heavy atom. The second-order valence-corrected chi connectivity index (χ2v) is 6.43. The molecular formula is C18H19N3O5S. The van der Waals surface area contributed by atoms with Gasteiger partial charge in [-0.3, -0.25) is 19.7 Å². The fourth-order valence-corrected chi connectivity index (χ4v) is 2.92. The van der Waals surface area contributed by atoms with Gasteiger partial charge in [-0.2, -0.15) is 0 Å². The smallest absolute Gasteiger partial charge is 0.283 e. The van der Waals surface area contributed by atoms with Gasteiger partial charge >= 0.3 is 0 Å². The molecule has 0 aliphatic rings. The molecule has 2 rings (SSSR count). The average Bonchev–Trinajstić information content (AvgIpc) is 2.66. The molecule has 0 saturated carbocycles. The second kappa shape index (κ2) is 9.04. The summed E-state index contributed by atoms with van der Waals surface area (Å²) in [6.07, 6.45) is 1.72. The molecule has 142 valence electrons. The lowest BCUT2D eigenvalue weighted by Crippen LogP contribution is -2.35. The molecule has 27 heavy (non-hydrogen) atoms. The maximum Gasteiger partial charge on any atom is 0.283 e. The lowest BCUT2D eigenvalue weighted by Gasteiger charge is -2.17. The third kappa shape index (κ3) is 5.20. The van der Waals surface area contributed by atoms with Gasteiger partial charge in [-0.15, -0.1) is 11.8 Å². The van der Waals surface area contributed by atoms with Crippen LogP contribution in [-0.2, 0) is 4.79 Å². The Bertz CT molecular complexity index is 872. The fourth-order valence-electron chi connectivity index (χ4n) is 2.37. The third-order valence-corrected chi connectivity index (χ3v) is 4.49. The van der Waals surface area contributed by atoms with E-state index in [2.05, 4.69) is 5.32 Å². The molecule has 1 N–H and O–H groups in total. The topological polar surface area (TPSA) is 102 Å². The number of rotatable bonds is 7. The van der Waals surface area contributed by atoms with Crippen molar-refractivity contribution in [2.45, 2.75) is 4.90 Å². The highest BCUT2D eigenvalue weighted by molar-refractivity contribution is 7.98. The lowest BCUT2D eigenvalue weighted by molar-refractivity contribution is -0.387. The van der Waals surface area contributed by atoms with Gasteiger partial charge in [0.05, 0.1) is 23.5 Å². The number of ether oxygens (including phenoxy) is 1. The van der Waals surface area contributed by atoms with Gasteiger partial charge in [-0.1, -0.05) is 6.07 Å². The normalized spacial score (nSPS) is 10.2. The Morgan fingerprint density at radius 1 is 1.26 bits per heavy atom. The molecule has 0 aromatic heterocycles. The number of nitrogens with one attached hydrogen (secondary N) is 1. The lowest BCUT2D eigenvalue weighted by atomic mass is 10.1. The molecule has 0 spiro atoms. The van der Waals surface area contributed by atoms with Gasteiger partial charge in [-0.05, 0) is 30.5 Å². The monoisotopic (exact) mass is 389 g/mol. The molecule has 8 nitrogen and oxygen atoms in total. The summed E-state index contributed by atoms with van der Waals surface area (Å²) in [7, 11) is 2.98. The van der Waals surface area contributed by atoms with Crippen LogP contribution in [0, 0.1) is 10.1 Å². The van der Waals surface area contributed by atoms with E-state index in [0.717, 1.165) is 0 Å². The van der Waals surface area contributed by atoms with Crippen molar-refractivity contribution in [1.82, 2.24) is 4.90 Å². The Morgan fingerprint density at radius 3 is 2.63 bits per heavy atom. The zero-order valence-electron chi connectivity index (χ0n) is 15.1. The van der Waals surface area contributed by atoms with Gasteiger partial charge in [0.2, 0.25) is 5.91 Å². The molecule has 2 amide bonds. The van der Waals surface area contributed by atoms with Crippen LogP contribution in [0.1, 0.15) is 10.4 Å². The molecule has 2 aromatic carbocycles. The molecule has 0 fully saturated rings. The van der Waals surface area contributed by atoms with Crippen LogP contribution in [-0.4, -0.2) is 48.6 Å². The van der Waals surface area contributed by atoms with Crippen LogP contribution in [0.2, 0.25) is 0 Å². The number of carbonyl (C=O) groups is 2. The molecule has 0 atom stereocenters. The molecule has 0 radical (unpaired) electrons. The van der Waals surface area contributed by atoms with E-state index in [1.165, 1.54) is 49.0 Å². The highest BCUT2D eigenvalue weighted by atomic mass is 32.2. The standard InChI is InChI=1S/C18H19N3O5S/c1-20(11-17(22)19-13-5-4-6-14(10-13)26-2)18(23)12-7-8-16(27-3)15(9-12)21(24)25/h4-10H,11H2,1-3H3,(H,19,22). The van der Waals surface area contributed by atoms with Crippen molar-refractivity contribution < 1.29 is 19.2 Å². The second-order valence-electron chi connectivity index (χ2n) is 5.59. The van der Waals surface area contributed by atoms with Crippen LogP contribution in [0.3, 0.4) is 0 Å². The Labute approximate surface area is 160 Å². The third-order valence-electron chi connectivity index (χ3n) is 3.70. The number of hydrogen-bond acceptors (Lipinski definition) is 6. The van der Waals surface area contributed by atoms with Gasteiger partial charge in [0.25, 0.3) is 11.6 Å². The quantitative estimate of drug-likeness (QED) is 0.444. The summed E-state index contributed by atoms with van der Waals surface area (Å²) in [4.78, 5) is 37.0. The van der Waals surface area contributed by atoms with Crippen molar-refractivity contribution in [3.8, 4) is 5.75 Å². The number of likely N-dealkylation sites (N-methyl/N-ethyl adjacent to an activating group) is 1. The molecular weight excluding hydrogens is 370 g/mol. The number of nitro benzene ring substituents is 1. The predicted molar refractivity (Wildman–Crippen MR) is 103 cm³/mol. The number of benzene rings is 2.